The molecule has 114 valence electrons. The predicted molar refractivity (Wildman–Crippen MR) is 70.4 cm³/mol. The van der Waals surface area contributed by atoms with Crippen LogP contribution in [0.1, 0.15) is 32.1 Å². The van der Waals surface area contributed by atoms with E-state index < -0.39 is 11.5 Å². The second-order valence-electron chi connectivity index (χ2n) is 5.61. The number of carboxylic acids is 1. The van der Waals surface area contributed by atoms with Crippen molar-refractivity contribution in [2.45, 2.75) is 43.7 Å². The van der Waals surface area contributed by atoms with Crippen molar-refractivity contribution < 1.29 is 24.5 Å². The van der Waals surface area contributed by atoms with Gasteiger partial charge in [0.05, 0.1) is 37.8 Å². The van der Waals surface area contributed by atoms with Crippen LogP contribution < -0.4 is 5.32 Å². The first-order valence-electron chi connectivity index (χ1n) is 7.06. The summed E-state index contributed by atoms with van der Waals surface area (Å²) in [6, 6.07) is -0.255. The Balaban J connectivity index is 1.96. The van der Waals surface area contributed by atoms with E-state index in [0.29, 0.717) is 32.5 Å². The Labute approximate surface area is 117 Å². The Hall–Kier alpha value is -1.34. The number of nitrogens with zero attached hydrogens (tertiary/aromatic N) is 1. The van der Waals surface area contributed by atoms with E-state index in [2.05, 4.69) is 5.32 Å². The minimum Gasteiger partial charge on any atom is -0.481 e. The number of rotatable bonds is 4. The lowest BCUT2D eigenvalue weighted by atomic mass is 9.93. The molecule has 7 nitrogen and oxygen atoms in total. The molecule has 1 aliphatic carbocycles. The third kappa shape index (κ3) is 3.61. The minimum absolute atomic E-state index is 0.0352. The summed E-state index contributed by atoms with van der Waals surface area (Å²) in [5.74, 6) is -0.887. The number of morpholine rings is 1. The molecule has 0 radical (unpaired) electrons. The van der Waals surface area contributed by atoms with Gasteiger partial charge in [0.25, 0.3) is 0 Å². The van der Waals surface area contributed by atoms with Crippen molar-refractivity contribution >= 4 is 12.0 Å². The number of carboxylic acid groups (broad SMARTS) is 1. The van der Waals surface area contributed by atoms with E-state index in [1.54, 1.807) is 4.90 Å². The van der Waals surface area contributed by atoms with Crippen LogP contribution in [0.15, 0.2) is 0 Å². The molecular formula is C13H22N2O5. The fourth-order valence-electron chi connectivity index (χ4n) is 3.01. The van der Waals surface area contributed by atoms with Gasteiger partial charge in [-0.05, 0) is 12.8 Å². The van der Waals surface area contributed by atoms with Crippen molar-refractivity contribution in [3.63, 3.8) is 0 Å². The number of hydrogen-bond donors (Lipinski definition) is 3. The highest BCUT2D eigenvalue weighted by molar-refractivity contribution is 5.77. The summed E-state index contributed by atoms with van der Waals surface area (Å²) in [5, 5.41) is 21.0. The maximum atomic E-state index is 12.3. The Morgan fingerprint density at radius 3 is 2.65 bits per heavy atom. The first-order valence-corrected chi connectivity index (χ1v) is 7.06. The summed E-state index contributed by atoms with van der Waals surface area (Å²) in [4.78, 5) is 24.9. The molecule has 3 N–H and O–H groups in total. The Bertz CT molecular complexity index is 368. The quantitative estimate of drug-likeness (QED) is 0.684. The standard InChI is InChI=1S/C13H22N2O5/c16-9-10-8-15(5-6-20-10)12(19)14-13(7-11(17)18)3-1-2-4-13/h10,16H,1-9H2,(H,14,19)(H,17,18). The van der Waals surface area contributed by atoms with Crippen LogP contribution in [0.2, 0.25) is 0 Å². The second kappa shape index (κ2) is 6.41. The van der Waals surface area contributed by atoms with Crippen LogP contribution in [0.3, 0.4) is 0 Å². The third-order valence-electron chi connectivity index (χ3n) is 4.05. The molecule has 1 aliphatic heterocycles. The normalized spacial score (nSPS) is 25.4. The summed E-state index contributed by atoms with van der Waals surface area (Å²) in [7, 11) is 0. The fourth-order valence-corrected chi connectivity index (χ4v) is 3.01. The largest absolute Gasteiger partial charge is 0.481 e. The molecule has 0 bridgehead atoms. The van der Waals surface area contributed by atoms with Crippen molar-refractivity contribution in [2.24, 2.45) is 0 Å². The van der Waals surface area contributed by atoms with Gasteiger partial charge in [-0.3, -0.25) is 4.79 Å². The zero-order chi connectivity index (χ0) is 14.6. The van der Waals surface area contributed by atoms with Gasteiger partial charge >= 0.3 is 12.0 Å². The van der Waals surface area contributed by atoms with Crippen molar-refractivity contribution in [3.05, 3.63) is 0 Å². The molecule has 1 atom stereocenters. The first-order chi connectivity index (χ1) is 9.54. The fraction of sp³-hybridized carbons (Fsp3) is 0.846. The van der Waals surface area contributed by atoms with Gasteiger partial charge in [-0.25, -0.2) is 4.79 Å². The zero-order valence-corrected chi connectivity index (χ0v) is 11.5. The lowest BCUT2D eigenvalue weighted by Crippen LogP contribution is -2.56. The lowest BCUT2D eigenvalue weighted by molar-refractivity contribution is -0.138. The van der Waals surface area contributed by atoms with Gasteiger partial charge in [0.15, 0.2) is 0 Å². The topological polar surface area (TPSA) is 99.1 Å². The number of carbonyl (C=O) groups is 2. The number of aliphatic hydroxyl groups is 1. The van der Waals surface area contributed by atoms with E-state index in [4.69, 9.17) is 14.9 Å². The summed E-state index contributed by atoms with van der Waals surface area (Å²) < 4.78 is 5.30. The monoisotopic (exact) mass is 286 g/mol. The van der Waals surface area contributed by atoms with Crippen LogP contribution >= 0.6 is 0 Å². The number of carbonyl (C=O) groups excluding carboxylic acids is 1. The highest BCUT2D eigenvalue weighted by atomic mass is 16.5. The molecule has 2 amide bonds. The average molecular weight is 286 g/mol. The van der Waals surface area contributed by atoms with E-state index in [1.807, 2.05) is 0 Å². The maximum Gasteiger partial charge on any atom is 0.318 e. The number of nitrogens with one attached hydrogen (secondary N) is 1. The molecule has 1 heterocycles. The van der Waals surface area contributed by atoms with Crippen LogP contribution in [0.5, 0.6) is 0 Å². The zero-order valence-electron chi connectivity index (χ0n) is 11.5. The van der Waals surface area contributed by atoms with E-state index in [9.17, 15) is 9.59 Å². The molecule has 7 heteroatoms. The van der Waals surface area contributed by atoms with Crippen molar-refractivity contribution in [1.29, 1.82) is 0 Å². The number of amides is 2. The molecule has 2 aliphatic rings. The van der Waals surface area contributed by atoms with Gasteiger partial charge in [0.1, 0.15) is 0 Å². The molecule has 1 unspecified atom stereocenters. The average Bonchev–Trinajstić information content (AvgIpc) is 2.86. The molecule has 0 aromatic heterocycles. The third-order valence-corrected chi connectivity index (χ3v) is 4.05. The van der Waals surface area contributed by atoms with Crippen LogP contribution in [0.25, 0.3) is 0 Å². The predicted octanol–water partition coefficient (Wildman–Crippen LogP) is 0.177. The number of ether oxygens (including phenoxy) is 1. The van der Waals surface area contributed by atoms with Crippen LogP contribution in [-0.4, -0.2) is 65.1 Å². The lowest BCUT2D eigenvalue weighted by Gasteiger charge is -2.36. The van der Waals surface area contributed by atoms with Crippen molar-refractivity contribution in [2.75, 3.05) is 26.3 Å². The number of aliphatic carboxylic acids is 1. The van der Waals surface area contributed by atoms with Crippen molar-refractivity contribution in [1.82, 2.24) is 10.2 Å². The Morgan fingerprint density at radius 2 is 2.05 bits per heavy atom. The summed E-state index contributed by atoms with van der Waals surface area (Å²) >= 11 is 0. The number of urea groups is 1. The minimum atomic E-state index is -0.887. The number of hydrogen-bond acceptors (Lipinski definition) is 4. The van der Waals surface area contributed by atoms with E-state index in [1.165, 1.54) is 0 Å². The van der Waals surface area contributed by atoms with Gasteiger partial charge in [-0.15, -0.1) is 0 Å². The SMILES string of the molecule is O=C(O)CC1(NC(=O)N2CCOC(CO)C2)CCCC1. The smallest absolute Gasteiger partial charge is 0.318 e. The molecule has 1 saturated heterocycles. The molecular weight excluding hydrogens is 264 g/mol. The molecule has 0 spiro atoms. The Morgan fingerprint density at radius 1 is 1.35 bits per heavy atom. The van der Waals surface area contributed by atoms with Crippen LogP contribution in [0.4, 0.5) is 4.79 Å². The van der Waals surface area contributed by atoms with Gasteiger partial charge in [0, 0.05) is 6.54 Å². The van der Waals surface area contributed by atoms with Gasteiger partial charge < -0.3 is 25.2 Å². The Kier molecular flexibility index (Phi) is 4.82. The van der Waals surface area contributed by atoms with E-state index in [0.717, 1.165) is 12.8 Å². The number of aliphatic hydroxyl groups excluding tert-OH is 1. The highest BCUT2D eigenvalue weighted by Gasteiger charge is 2.39. The molecule has 0 aromatic rings. The summed E-state index contributed by atoms with van der Waals surface area (Å²) in [5.41, 5.74) is -0.615. The summed E-state index contributed by atoms with van der Waals surface area (Å²) in [6.07, 6.45) is 2.91. The van der Waals surface area contributed by atoms with Gasteiger partial charge in [-0.1, -0.05) is 12.8 Å². The van der Waals surface area contributed by atoms with Crippen LogP contribution in [0, 0.1) is 0 Å². The van der Waals surface area contributed by atoms with Gasteiger partial charge in [0.2, 0.25) is 0 Å². The van der Waals surface area contributed by atoms with Crippen molar-refractivity contribution in [3.8, 4) is 0 Å². The van der Waals surface area contributed by atoms with Crippen LogP contribution in [-0.2, 0) is 9.53 Å². The molecule has 20 heavy (non-hydrogen) atoms. The molecule has 2 fully saturated rings. The first kappa shape index (κ1) is 15.1. The molecule has 2 rings (SSSR count). The summed E-state index contributed by atoms with van der Waals surface area (Å²) in [6.45, 7) is 1.07. The molecule has 1 saturated carbocycles. The van der Waals surface area contributed by atoms with E-state index >= 15 is 0 Å². The second-order valence-corrected chi connectivity index (χ2v) is 5.61. The van der Waals surface area contributed by atoms with E-state index in [-0.39, 0.29) is 25.2 Å². The highest BCUT2D eigenvalue weighted by Crippen LogP contribution is 2.32. The maximum absolute atomic E-state index is 12.3. The van der Waals surface area contributed by atoms with Gasteiger partial charge in [-0.2, -0.15) is 0 Å². The molecule has 0 aromatic carbocycles.